The summed E-state index contributed by atoms with van der Waals surface area (Å²) in [6, 6.07) is 8.54. The van der Waals surface area contributed by atoms with Crippen molar-refractivity contribution in [1.29, 1.82) is 0 Å². The summed E-state index contributed by atoms with van der Waals surface area (Å²) in [6.45, 7) is 34.5. The van der Waals surface area contributed by atoms with E-state index in [1.165, 1.54) is 16.9 Å². The Morgan fingerprint density at radius 1 is 1.04 bits per heavy atom. The Balaban J connectivity index is 1.15. The van der Waals surface area contributed by atoms with Gasteiger partial charge in [-0.15, -0.1) is 0 Å². The molecule has 0 amide bonds. The molecule has 8 nitrogen and oxygen atoms in total. The van der Waals surface area contributed by atoms with Crippen molar-refractivity contribution in [3.8, 4) is 0 Å². The molecule has 270 valence electrons. The molecule has 0 N–H and O–H groups in total. The molecule has 0 aromatic heterocycles. The number of hydrogen-bond donors (Lipinski definition) is 0. The molecule has 2 fully saturated rings. The lowest BCUT2D eigenvalue weighted by molar-refractivity contribution is -0.132. The van der Waals surface area contributed by atoms with Crippen molar-refractivity contribution in [1.82, 2.24) is 0 Å². The zero-order valence-electron chi connectivity index (χ0n) is 30.8. The van der Waals surface area contributed by atoms with E-state index in [2.05, 4.69) is 76.6 Å². The minimum atomic E-state index is -1.07. The summed E-state index contributed by atoms with van der Waals surface area (Å²) >= 11 is 7.12. The minimum absolute atomic E-state index is 0.0287. The lowest BCUT2D eigenvalue weighted by atomic mass is 9.78. The molecule has 9 heteroatoms. The largest absolute Gasteiger partial charge is 0.550 e. The summed E-state index contributed by atoms with van der Waals surface area (Å²) in [5.74, 6) is -2.04. The van der Waals surface area contributed by atoms with Crippen LogP contribution in [0.25, 0.3) is 14.5 Å². The van der Waals surface area contributed by atoms with Crippen LogP contribution >= 0.6 is 11.6 Å². The van der Waals surface area contributed by atoms with Crippen LogP contribution in [0.5, 0.6) is 0 Å². The number of ether oxygens (including phenoxy) is 2. The molecule has 1 saturated carbocycles. The third-order valence-electron chi connectivity index (χ3n) is 12.2. The maximum absolute atomic E-state index is 13.5. The molecule has 2 aliphatic carbocycles. The van der Waals surface area contributed by atoms with Gasteiger partial charge in [0.1, 0.15) is 30.3 Å². The molecule has 7 rings (SSSR count). The van der Waals surface area contributed by atoms with Crippen LogP contribution < -0.4 is 4.90 Å². The Bertz CT molecular complexity index is 2150. The van der Waals surface area contributed by atoms with Gasteiger partial charge in [0.2, 0.25) is 11.5 Å². The average Bonchev–Trinajstić information content (AvgIpc) is 3.88. The van der Waals surface area contributed by atoms with E-state index in [0.717, 1.165) is 37.0 Å². The van der Waals surface area contributed by atoms with Gasteiger partial charge in [-0.3, -0.25) is 9.59 Å². The fourth-order valence-corrected chi connectivity index (χ4v) is 9.78. The van der Waals surface area contributed by atoms with Gasteiger partial charge in [-0.1, -0.05) is 74.0 Å². The fourth-order valence-electron chi connectivity index (χ4n) is 9.46. The molecule has 1 saturated heterocycles. The predicted molar refractivity (Wildman–Crippen MR) is 205 cm³/mol. The van der Waals surface area contributed by atoms with Crippen molar-refractivity contribution in [2.24, 2.45) is 17.8 Å². The van der Waals surface area contributed by atoms with E-state index in [0.29, 0.717) is 29.9 Å². The van der Waals surface area contributed by atoms with Crippen LogP contribution in [0.1, 0.15) is 78.7 Å². The highest BCUT2D eigenvalue weighted by molar-refractivity contribution is 6.32. The molecule has 53 heavy (non-hydrogen) atoms. The van der Waals surface area contributed by atoms with Gasteiger partial charge < -0.3 is 14.4 Å². The summed E-state index contributed by atoms with van der Waals surface area (Å²) < 4.78 is 12.3. The van der Waals surface area contributed by atoms with Gasteiger partial charge >= 0.3 is 5.82 Å². The second-order valence-electron chi connectivity index (χ2n) is 15.6. The minimum Gasteiger partial charge on any atom is -0.499 e. The Morgan fingerprint density at radius 2 is 1.79 bits per heavy atom. The number of fused-ring (bicyclic) bond motifs is 6. The average molecular weight is 727 g/mol. The number of likely N-dealkylation sites (N-methyl/N-ethyl adjacent to an activating group) is 1. The lowest BCUT2D eigenvalue weighted by Gasteiger charge is -2.28. The molecule has 0 spiro atoms. The lowest BCUT2D eigenvalue weighted by Crippen LogP contribution is -2.35. The van der Waals surface area contributed by atoms with Crippen molar-refractivity contribution in [2.75, 3.05) is 11.4 Å². The van der Waals surface area contributed by atoms with Crippen molar-refractivity contribution >= 4 is 28.9 Å². The summed E-state index contributed by atoms with van der Waals surface area (Å²) in [6.07, 6.45) is 15.3. The topological polar surface area (TPSA) is 68.9 Å². The molecule has 6 aliphatic rings. The highest BCUT2D eigenvalue weighted by atomic mass is 35.5. The number of anilines is 1. The number of benzene rings is 1. The van der Waals surface area contributed by atoms with E-state index in [-0.39, 0.29) is 40.4 Å². The number of para-hydroxylation sites is 1. The first-order valence-electron chi connectivity index (χ1n) is 18.4. The number of halogens is 1. The number of ketones is 2. The zero-order chi connectivity index (χ0) is 37.9. The maximum Gasteiger partial charge on any atom is 0.550 e. The standard InChI is InChI=1S/C44H43ClN4O4/c1-9-49-31-18-11-10-17-29(31)42(2,3)33(49)22-20-27-15-12-14-26(36(27)45)19-21-30-37(46-6)40(41(47-7)48-8)53-43(30,4)24-13-16-28-38(50)34-32-23-25-44(5,52-32)35(34)39(28)51/h10-11,17-23,25,28,32,34-35H,9,12-16,24H2,1-5H3/b21-19+,27-20+,33-22-. The first-order valence-corrected chi connectivity index (χ1v) is 18.8. The normalized spacial score (nSPS) is 32.5. The molecule has 6 unspecified atom stereocenters. The van der Waals surface area contributed by atoms with Gasteiger partial charge in [0.15, 0.2) is 0 Å². The van der Waals surface area contributed by atoms with Crippen LogP contribution in [0.15, 0.2) is 105 Å². The zero-order valence-corrected chi connectivity index (χ0v) is 31.6. The van der Waals surface area contributed by atoms with Crippen LogP contribution in [0.3, 0.4) is 0 Å². The third-order valence-corrected chi connectivity index (χ3v) is 12.7. The number of hydrogen-bond acceptors (Lipinski definition) is 5. The highest BCUT2D eigenvalue weighted by Gasteiger charge is 2.65. The number of carbonyl (C=O) groups is 2. The number of Topliss-reactive ketones (excluding diaryl/α,β-unsaturated/α-hetero) is 2. The Hall–Kier alpha value is -4.94. The molecule has 6 atom stereocenters. The third kappa shape index (κ3) is 5.74. The first kappa shape index (κ1) is 36.4. The van der Waals surface area contributed by atoms with Crippen LogP contribution in [-0.2, 0) is 24.5 Å². The SMILES string of the molecule is [C-]#[N+]C([N+]#[C-])=C1OC(C)(CCCC2C(=O)C3C4C=CC(C)(O4)C3C2=O)C(/C=C/C2=C(Cl)C(=C/C=C3\N(CC)c4ccccc4C3(C)C)/CCC2)=C1[N+]#[C-]. The molecule has 1 aromatic carbocycles. The van der Waals surface area contributed by atoms with Gasteiger partial charge in [-0.2, -0.15) is 9.69 Å². The van der Waals surface area contributed by atoms with E-state index in [4.69, 9.17) is 40.8 Å². The van der Waals surface area contributed by atoms with Crippen molar-refractivity contribution in [2.45, 2.75) is 95.9 Å². The van der Waals surface area contributed by atoms with Crippen molar-refractivity contribution in [3.63, 3.8) is 0 Å². The van der Waals surface area contributed by atoms with E-state index < -0.39 is 29.0 Å². The van der Waals surface area contributed by atoms with Crippen LogP contribution in [0, 0.1) is 37.5 Å². The summed E-state index contributed by atoms with van der Waals surface area (Å²) in [5, 5.41) is 0.676. The first-order chi connectivity index (χ1) is 25.3. The van der Waals surface area contributed by atoms with E-state index in [9.17, 15) is 9.59 Å². The molecule has 1 aromatic rings. The highest BCUT2D eigenvalue weighted by Crippen LogP contribution is 2.54. The Kier molecular flexibility index (Phi) is 9.26. The van der Waals surface area contributed by atoms with Gasteiger partial charge in [0, 0.05) is 33.9 Å². The maximum atomic E-state index is 13.5. The molecule has 4 heterocycles. The summed E-state index contributed by atoms with van der Waals surface area (Å²) in [7, 11) is 0. The number of rotatable bonds is 8. The Labute approximate surface area is 317 Å². The molecular weight excluding hydrogens is 684 g/mol. The summed E-state index contributed by atoms with van der Waals surface area (Å²) in [4.78, 5) is 39.8. The van der Waals surface area contributed by atoms with E-state index in [1.54, 1.807) is 0 Å². The van der Waals surface area contributed by atoms with Gasteiger partial charge in [0.05, 0.1) is 36.0 Å². The molecule has 0 radical (unpaired) electrons. The smallest absolute Gasteiger partial charge is 0.499 e. The van der Waals surface area contributed by atoms with Gasteiger partial charge in [0.25, 0.3) is 0 Å². The fraction of sp³-hybridized carbons (Fsp3) is 0.432. The van der Waals surface area contributed by atoms with E-state index >= 15 is 0 Å². The Morgan fingerprint density at radius 3 is 2.49 bits per heavy atom. The van der Waals surface area contributed by atoms with Gasteiger partial charge in [-0.05, 0) is 88.1 Å². The summed E-state index contributed by atoms with van der Waals surface area (Å²) in [5.41, 5.74) is 4.45. The van der Waals surface area contributed by atoms with Crippen LogP contribution in [0.2, 0.25) is 0 Å². The van der Waals surface area contributed by atoms with Crippen LogP contribution in [-0.4, -0.2) is 35.4 Å². The van der Waals surface area contributed by atoms with Crippen molar-refractivity contribution in [3.05, 3.63) is 145 Å². The second-order valence-corrected chi connectivity index (χ2v) is 16.0. The molecule has 2 bridgehead atoms. The van der Waals surface area contributed by atoms with Gasteiger partial charge in [-0.25, -0.2) is 4.85 Å². The second kappa shape index (κ2) is 13.5. The quantitative estimate of drug-likeness (QED) is 0.152. The number of carbonyl (C=O) groups excluding carboxylic acids is 2. The monoisotopic (exact) mass is 726 g/mol. The van der Waals surface area contributed by atoms with Crippen molar-refractivity contribution < 1.29 is 19.1 Å². The molecule has 4 aliphatic heterocycles. The van der Waals surface area contributed by atoms with Crippen LogP contribution in [0.4, 0.5) is 5.69 Å². The predicted octanol–water partition coefficient (Wildman–Crippen LogP) is 9.72. The number of allylic oxidation sites excluding steroid dienone is 7. The number of nitrogens with zero attached hydrogens (tertiary/aromatic N) is 4. The molecular formula is C44H43ClN4O4. The van der Waals surface area contributed by atoms with E-state index in [1.807, 2.05) is 38.2 Å².